The summed E-state index contributed by atoms with van der Waals surface area (Å²) in [5.41, 5.74) is 1.60. The van der Waals surface area contributed by atoms with Crippen molar-refractivity contribution in [3.63, 3.8) is 0 Å². The maximum atomic E-state index is 11.8. The molecular weight excluding hydrogens is 306 g/mol. The van der Waals surface area contributed by atoms with Gasteiger partial charge in [-0.15, -0.1) is 0 Å². The highest BCUT2D eigenvalue weighted by Gasteiger charge is 2.15. The van der Waals surface area contributed by atoms with Crippen LogP contribution in [0, 0.1) is 0 Å². The number of hydrogen-bond donors (Lipinski definition) is 2. The molecule has 2 aromatic rings. The highest BCUT2D eigenvalue weighted by atomic mass is 79.9. The molecule has 3 nitrogen and oxygen atoms in total. The van der Waals surface area contributed by atoms with Gasteiger partial charge in [0.25, 0.3) is 5.91 Å². The summed E-state index contributed by atoms with van der Waals surface area (Å²) in [5.74, 6) is -0.397. The number of benzene rings is 2. The molecule has 19 heavy (non-hydrogen) atoms. The van der Waals surface area contributed by atoms with Crippen molar-refractivity contribution in [2.24, 2.45) is 0 Å². The van der Waals surface area contributed by atoms with Gasteiger partial charge < -0.3 is 10.4 Å². The van der Waals surface area contributed by atoms with Crippen LogP contribution in [0.15, 0.2) is 59.1 Å². The molecule has 0 saturated carbocycles. The van der Waals surface area contributed by atoms with Crippen LogP contribution in [-0.4, -0.2) is 17.1 Å². The molecule has 2 N–H and O–H groups in total. The number of amides is 1. The van der Waals surface area contributed by atoms with E-state index < -0.39 is 12.0 Å². The Labute approximate surface area is 120 Å². The van der Waals surface area contributed by atoms with Crippen molar-refractivity contribution in [2.75, 3.05) is 5.32 Å². The van der Waals surface area contributed by atoms with E-state index in [1.54, 1.807) is 12.1 Å². The molecule has 0 spiro atoms. The zero-order valence-corrected chi connectivity index (χ0v) is 11.8. The Bertz CT molecular complexity index is 540. The van der Waals surface area contributed by atoms with Crippen LogP contribution in [0.1, 0.15) is 5.56 Å². The molecule has 2 aromatic carbocycles. The van der Waals surface area contributed by atoms with Gasteiger partial charge in [-0.1, -0.05) is 46.3 Å². The minimum atomic E-state index is -1.05. The Morgan fingerprint density at radius 2 is 1.74 bits per heavy atom. The van der Waals surface area contributed by atoms with Crippen molar-refractivity contribution in [3.05, 3.63) is 64.6 Å². The van der Waals surface area contributed by atoms with Crippen LogP contribution < -0.4 is 5.32 Å². The highest BCUT2D eigenvalue weighted by Crippen LogP contribution is 2.14. The normalized spacial score (nSPS) is 11.9. The maximum Gasteiger partial charge on any atom is 0.253 e. The van der Waals surface area contributed by atoms with E-state index in [1.807, 2.05) is 42.5 Å². The van der Waals surface area contributed by atoms with E-state index in [9.17, 15) is 9.90 Å². The fraction of sp³-hybridized carbons (Fsp3) is 0.133. The quantitative estimate of drug-likeness (QED) is 0.910. The van der Waals surface area contributed by atoms with Crippen LogP contribution in [0.25, 0.3) is 0 Å². The Balaban J connectivity index is 1.94. The lowest BCUT2D eigenvalue weighted by molar-refractivity contribution is -0.123. The molecule has 0 unspecified atom stereocenters. The third kappa shape index (κ3) is 4.19. The van der Waals surface area contributed by atoms with Gasteiger partial charge in [0.2, 0.25) is 0 Å². The smallest absolute Gasteiger partial charge is 0.253 e. The summed E-state index contributed by atoms with van der Waals surface area (Å²) >= 11 is 3.32. The summed E-state index contributed by atoms with van der Waals surface area (Å²) in [6, 6.07) is 16.7. The maximum absolute atomic E-state index is 11.8. The fourth-order valence-electron chi connectivity index (χ4n) is 1.69. The van der Waals surface area contributed by atoms with Crippen LogP contribution in [-0.2, 0) is 11.2 Å². The molecule has 0 fully saturated rings. The molecule has 1 amide bonds. The Morgan fingerprint density at radius 1 is 1.11 bits per heavy atom. The average molecular weight is 320 g/mol. The third-order valence-electron chi connectivity index (χ3n) is 2.69. The molecule has 1 atom stereocenters. The fourth-order valence-corrected chi connectivity index (χ4v) is 1.95. The molecule has 4 heteroatoms. The number of carbonyl (C=O) groups excluding carboxylic acids is 1. The number of aliphatic hydroxyl groups is 1. The molecule has 0 saturated heterocycles. The third-order valence-corrected chi connectivity index (χ3v) is 3.21. The van der Waals surface area contributed by atoms with Crippen LogP contribution >= 0.6 is 15.9 Å². The molecule has 0 radical (unpaired) electrons. The molecule has 0 aliphatic rings. The van der Waals surface area contributed by atoms with Gasteiger partial charge in [0.15, 0.2) is 0 Å². The van der Waals surface area contributed by atoms with Crippen molar-refractivity contribution in [3.8, 4) is 0 Å². The van der Waals surface area contributed by atoms with Gasteiger partial charge in [-0.05, 0) is 29.8 Å². The van der Waals surface area contributed by atoms with Crippen molar-refractivity contribution in [1.82, 2.24) is 0 Å². The highest BCUT2D eigenvalue weighted by molar-refractivity contribution is 9.10. The predicted octanol–water partition coefficient (Wildman–Crippen LogP) is 2.99. The number of rotatable bonds is 4. The van der Waals surface area contributed by atoms with Crippen molar-refractivity contribution < 1.29 is 9.90 Å². The lowest BCUT2D eigenvalue weighted by atomic mass is 10.1. The second-order valence-electron chi connectivity index (χ2n) is 4.20. The van der Waals surface area contributed by atoms with Gasteiger partial charge in [0.05, 0.1) is 0 Å². The van der Waals surface area contributed by atoms with Crippen molar-refractivity contribution in [1.29, 1.82) is 0 Å². The van der Waals surface area contributed by atoms with Gasteiger partial charge in [0.1, 0.15) is 6.10 Å². The van der Waals surface area contributed by atoms with E-state index in [4.69, 9.17) is 0 Å². The van der Waals surface area contributed by atoms with Crippen LogP contribution in [0.4, 0.5) is 5.69 Å². The summed E-state index contributed by atoms with van der Waals surface area (Å²) in [7, 11) is 0. The molecule has 0 aromatic heterocycles. The van der Waals surface area contributed by atoms with Gasteiger partial charge in [-0.2, -0.15) is 0 Å². The van der Waals surface area contributed by atoms with Crippen molar-refractivity contribution >= 4 is 27.5 Å². The van der Waals surface area contributed by atoms with E-state index in [1.165, 1.54) is 0 Å². The first kappa shape index (κ1) is 13.8. The van der Waals surface area contributed by atoms with Gasteiger partial charge >= 0.3 is 0 Å². The summed E-state index contributed by atoms with van der Waals surface area (Å²) in [4.78, 5) is 11.8. The van der Waals surface area contributed by atoms with E-state index >= 15 is 0 Å². The van der Waals surface area contributed by atoms with Crippen LogP contribution in [0.2, 0.25) is 0 Å². The minimum absolute atomic E-state index is 0.309. The minimum Gasteiger partial charge on any atom is -0.383 e. The molecule has 0 bridgehead atoms. The van der Waals surface area contributed by atoms with E-state index in [2.05, 4.69) is 21.2 Å². The first-order valence-corrected chi connectivity index (χ1v) is 6.73. The number of hydrogen-bond acceptors (Lipinski definition) is 2. The second-order valence-corrected chi connectivity index (χ2v) is 5.12. The van der Waals surface area contributed by atoms with E-state index in [0.717, 1.165) is 10.0 Å². The standard InChI is InChI=1S/C15H14BrNO2/c16-12-6-8-13(9-7-12)17-15(19)14(18)10-11-4-2-1-3-5-11/h1-9,14,18H,10H2,(H,17,19)/t14-/m0/s1. The van der Waals surface area contributed by atoms with Gasteiger partial charge in [-0.25, -0.2) is 0 Å². The molecular formula is C15H14BrNO2. The number of halogens is 1. The molecule has 0 aliphatic carbocycles. The Kier molecular flexibility index (Phi) is 4.71. The SMILES string of the molecule is O=C(Nc1ccc(Br)cc1)[C@@H](O)Cc1ccccc1. The zero-order valence-electron chi connectivity index (χ0n) is 10.2. The first-order valence-electron chi connectivity index (χ1n) is 5.93. The Hall–Kier alpha value is -1.65. The molecule has 0 aliphatic heterocycles. The van der Waals surface area contributed by atoms with Gasteiger partial charge in [0, 0.05) is 16.6 Å². The molecule has 98 valence electrons. The lowest BCUT2D eigenvalue weighted by Gasteiger charge is -2.11. The topological polar surface area (TPSA) is 49.3 Å². The van der Waals surface area contributed by atoms with Crippen molar-refractivity contribution in [2.45, 2.75) is 12.5 Å². The summed E-state index contributed by atoms with van der Waals surface area (Å²) in [5, 5.41) is 12.5. The monoisotopic (exact) mass is 319 g/mol. The summed E-state index contributed by atoms with van der Waals surface area (Å²) in [6.07, 6.45) is -0.741. The number of anilines is 1. The first-order chi connectivity index (χ1) is 9.15. The number of carbonyl (C=O) groups is 1. The second kappa shape index (κ2) is 6.50. The summed E-state index contributed by atoms with van der Waals surface area (Å²) < 4.78 is 0.940. The summed E-state index contributed by atoms with van der Waals surface area (Å²) in [6.45, 7) is 0. The van der Waals surface area contributed by atoms with Crippen LogP contribution in [0.3, 0.4) is 0 Å². The predicted molar refractivity (Wildman–Crippen MR) is 78.9 cm³/mol. The largest absolute Gasteiger partial charge is 0.383 e. The van der Waals surface area contributed by atoms with Crippen LogP contribution in [0.5, 0.6) is 0 Å². The Morgan fingerprint density at radius 3 is 2.37 bits per heavy atom. The van der Waals surface area contributed by atoms with E-state index in [0.29, 0.717) is 12.1 Å². The number of aliphatic hydroxyl groups excluding tert-OH is 1. The number of nitrogens with one attached hydrogen (secondary N) is 1. The average Bonchev–Trinajstić information content (AvgIpc) is 2.42. The zero-order chi connectivity index (χ0) is 13.7. The molecule has 0 heterocycles. The lowest BCUT2D eigenvalue weighted by Crippen LogP contribution is -2.29. The van der Waals surface area contributed by atoms with Gasteiger partial charge in [-0.3, -0.25) is 4.79 Å². The molecule has 2 rings (SSSR count). The van der Waals surface area contributed by atoms with E-state index in [-0.39, 0.29) is 0 Å².